The van der Waals surface area contributed by atoms with E-state index in [0.29, 0.717) is 11.6 Å². The highest BCUT2D eigenvalue weighted by atomic mass is 35.5. The van der Waals surface area contributed by atoms with Crippen molar-refractivity contribution in [3.8, 4) is 0 Å². The average Bonchev–Trinajstić information content (AvgIpc) is 2.50. The van der Waals surface area contributed by atoms with Crippen LogP contribution in [0.15, 0.2) is 16.7 Å². The Morgan fingerprint density at radius 2 is 2.46 bits per heavy atom. The van der Waals surface area contributed by atoms with Crippen LogP contribution in [0.4, 0.5) is 0 Å². The van der Waals surface area contributed by atoms with E-state index >= 15 is 0 Å². The van der Waals surface area contributed by atoms with Crippen molar-refractivity contribution < 1.29 is 13.9 Å². The highest BCUT2D eigenvalue weighted by Crippen LogP contribution is 2.18. The molecule has 0 amide bonds. The molecule has 0 bridgehead atoms. The first-order valence-electron chi connectivity index (χ1n) is 4.05. The Morgan fingerprint density at radius 1 is 1.77 bits per heavy atom. The molecule has 0 fully saturated rings. The quantitative estimate of drug-likeness (QED) is 0.705. The van der Waals surface area contributed by atoms with Crippen molar-refractivity contribution in [3.63, 3.8) is 0 Å². The molecule has 0 aliphatic carbocycles. The van der Waals surface area contributed by atoms with Gasteiger partial charge in [-0.15, -0.1) is 0 Å². The van der Waals surface area contributed by atoms with E-state index in [2.05, 4.69) is 0 Å². The van der Waals surface area contributed by atoms with Crippen LogP contribution in [0, 0.1) is 0 Å². The molecule has 1 heterocycles. The number of halogens is 1. The van der Waals surface area contributed by atoms with Crippen LogP contribution in [0.1, 0.15) is 24.4 Å². The first-order valence-corrected chi connectivity index (χ1v) is 4.43. The molecule has 0 aliphatic rings. The summed E-state index contributed by atoms with van der Waals surface area (Å²) >= 11 is 5.71. The molecule has 1 unspecified atom stereocenters. The lowest BCUT2D eigenvalue weighted by Gasteiger charge is -2.07. The number of ketones is 1. The van der Waals surface area contributed by atoms with Gasteiger partial charge in [-0.3, -0.25) is 4.79 Å². The summed E-state index contributed by atoms with van der Waals surface area (Å²) in [5.74, 6) is -0.0560. The second-order valence-electron chi connectivity index (χ2n) is 2.56. The molecule has 3 nitrogen and oxygen atoms in total. The van der Waals surface area contributed by atoms with E-state index in [-0.39, 0.29) is 11.5 Å². The van der Waals surface area contributed by atoms with Crippen LogP contribution >= 0.6 is 11.6 Å². The second kappa shape index (κ2) is 4.44. The highest BCUT2D eigenvalue weighted by molar-refractivity contribution is 6.33. The van der Waals surface area contributed by atoms with Crippen molar-refractivity contribution in [2.45, 2.75) is 20.0 Å². The minimum absolute atomic E-state index is 0.169. The summed E-state index contributed by atoms with van der Waals surface area (Å²) in [5, 5.41) is 0.330. The van der Waals surface area contributed by atoms with Gasteiger partial charge in [0.1, 0.15) is 6.10 Å². The SMILES string of the molecule is CCOC(C)C(=O)c1occc1Cl. The molecule has 1 aromatic rings. The van der Waals surface area contributed by atoms with Crippen LogP contribution in [-0.2, 0) is 4.74 Å². The summed E-state index contributed by atoms with van der Waals surface area (Å²) in [5.41, 5.74) is 0. The number of hydrogen-bond acceptors (Lipinski definition) is 3. The molecule has 0 N–H and O–H groups in total. The Kier molecular flexibility index (Phi) is 3.51. The Balaban J connectivity index is 2.73. The van der Waals surface area contributed by atoms with Crippen LogP contribution in [0.3, 0.4) is 0 Å². The fourth-order valence-electron chi connectivity index (χ4n) is 0.980. The number of hydrogen-bond donors (Lipinski definition) is 0. The van der Waals surface area contributed by atoms with Crippen LogP contribution in [0.5, 0.6) is 0 Å². The molecule has 0 aromatic carbocycles. The Bertz CT molecular complexity index is 293. The number of Topliss-reactive ketones (excluding diaryl/α,β-unsaturated/α-hetero) is 1. The molecular weight excluding hydrogens is 192 g/mol. The van der Waals surface area contributed by atoms with Crippen molar-refractivity contribution in [1.82, 2.24) is 0 Å². The lowest BCUT2D eigenvalue weighted by Crippen LogP contribution is -2.20. The molecule has 13 heavy (non-hydrogen) atoms. The minimum atomic E-state index is -0.506. The van der Waals surface area contributed by atoms with Crippen LogP contribution in [0.25, 0.3) is 0 Å². The van der Waals surface area contributed by atoms with Crippen molar-refractivity contribution in [1.29, 1.82) is 0 Å². The van der Waals surface area contributed by atoms with Gasteiger partial charge in [-0.2, -0.15) is 0 Å². The van der Waals surface area contributed by atoms with Gasteiger partial charge in [0, 0.05) is 6.61 Å². The van der Waals surface area contributed by atoms with Crippen molar-refractivity contribution >= 4 is 17.4 Å². The van der Waals surface area contributed by atoms with Gasteiger partial charge >= 0.3 is 0 Å². The van der Waals surface area contributed by atoms with E-state index in [0.717, 1.165) is 0 Å². The monoisotopic (exact) mass is 202 g/mol. The number of rotatable bonds is 4. The van der Waals surface area contributed by atoms with Gasteiger partial charge in [-0.25, -0.2) is 0 Å². The van der Waals surface area contributed by atoms with Crippen molar-refractivity contribution in [2.75, 3.05) is 6.61 Å². The summed E-state index contributed by atoms with van der Waals surface area (Å²) < 4.78 is 10.0. The number of carbonyl (C=O) groups excluding carboxylic acids is 1. The number of furan rings is 1. The summed E-state index contributed by atoms with van der Waals surface area (Å²) in [6.07, 6.45) is 0.877. The lowest BCUT2D eigenvalue weighted by atomic mass is 10.2. The van der Waals surface area contributed by atoms with Crippen LogP contribution < -0.4 is 0 Å². The summed E-state index contributed by atoms with van der Waals surface area (Å²) in [7, 11) is 0. The molecule has 0 radical (unpaired) electrons. The molecule has 0 saturated heterocycles. The summed E-state index contributed by atoms with van der Waals surface area (Å²) in [4.78, 5) is 11.5. The molecule has 72 valence electrons. The Hall–Kier alpha value is -0.800. The molecule has 0 saturated carbocycles. The fourth-order valence-corrected chi connectivity index (χ4v) is 1.17. The van der Waals surface area contributed by atoms with Gasteiger partial charge in [0.25, 0.3) is 0 Å². The first kappa shape index (κ1) is 10.3. The largest absolute Gasteiger partial charge is 0.460 e. The predicted molar refractivity (Wildman–Crippen MR) is 49.1 cm³/mol. The van der Waals surface area contributed by atoms with E-state index in [4.69, 9.17) is 20.8 Å². The number of ether oxygens (including phenoxy) is 1. The van der Waals surface area contributed by atoms with Gasteiger partial charge in [0.15, 0.2) is 5.76 Å². The van der Waals surface area contributed by atoms with E-state index in [1.165, 1.54) is 12.3 Å². The maximum absolute atomic E-state index is 11.5. The molecule has 1 aromatic heterocycles. The minimum Gasteiger partial charge on any atom is -0.460 e. The fraction of sp³-hybridized carbons (Fsp3) is 0.444. The van der Waals surface area contributed by atoms with E-state index in [1.54, 1.807) is 6.92 Å². The van der Waals surface area contributed by atoms with Gasteiger partial charge in [-0.1, -0.05) is 11.6 Å². The predicted octanol–water partition coefficient (Wildman–Crippen LogP) is 2.54. The van der Waals surface area contributed by atoms with E-state index in [9.17, 15) is 4.79 Å². The maximum Gasteiger partial charge on any atom is 0.227 e. The average molecular weight is 203 g/mol. The second-order valence-corrected chi connectivity index (χ2v) is 2.97. The summed E-state index contributed by atoms with van der Waals surface area (Å²) in [6, 6.07) is 1.54. The molecule has 1 atom stereocenters. The third-order valence-corrected chi connectivity index (χ3v) is 1.92. The molecule has 0 spiro atoms. The first-order chi connectivity index (χ1) is 6.16. The standard InChI is InChI=1S/C9H11ClO3/c1-3-12-6(2)8(11)9-7(10)4-5-13-9/h4-6H,3H2,1-2H3. The van der Waals surface area contributed by atoms with Gasteiger partial charge in [0.2, 0.25) is 5.78 Å². The van der Waals surface area contributed by atoms with Crippen LogP contribution in [-0.4, -0.2) is 18.5 Å². The third-order valence-electron chi connectivity index (χ3n) is 1.63. The highest BCUT2D eigenvalue weighted by Gasteiger charge is 2.20. The smallest absolute Gasteiger partial charge is 0.227 e. The number of carbonyl (C=O) groups is 1. The van der Waals surface area contributed by atoms with E-state index in [1.807, 2.05) is 6.92 Å². The molecule has 4 heteroatoms. The molecular formula is C9H11ClO3. The zero-order valence-electron chi connectivity index (χ0n) is 7.54. The topological polar surface area (TPSA) is 39.4 Å². The zero-order valence-corrected chi connectivity index (χ0v) is 8.30. The van der Waals surface area contributed by atoms with Gasteiger partial charge in [0.05, 0.1) is 11.3 Å². The lowest BCUT2D eigenvalue weighted by molar-refractivity contribution is 0.0495. The van der Waals surface area contributed by atoms with Gasteiger partial charge in [-0.05, 0) is 19.9 Å². The Morgan fingerprint density at radius 3 is 2.92 bits per heavy atom. The normalized spacial score (nSPS) is 12.8. The zero-order chi connectivity index (χ0) is 9.84. The maximum atomic E-state index is 11.5. The van der Waals surface area contributed by atoms with Gasteiger partial charge < -0.3 is 9.15 Å². The molecule has 0 aliphatic heterocycles. The third kappa shape index (κ3) is 2.32. The van der Waals surface area contributed by atoms with Crippen molar-refractivity contribution in [2.24, 2.45) is 0 Å². The van der Waals surface area contributed by atoms with Crippen molar-refractivity contribution in [3.05, 3.63) is 23.1 Å². The van der Waals surface area contributed by atoms with Crippen LogP contribution in [0.2, 0.25) is 5.02 Å². The molecule has 1 rings (SSSR count). The van der Waals surface area contributed by atoms with E-state index < -0.39 is 6.10 Å². The summed E-state index contributed by atoms with van der Waals surface area (Å²) in [6.45, 7) is 3.99. The Labute approximate surface area is 81.6 Å².